The van der Waals surface area contributed by atoms with Crippen molar-refractivity contribution in [3.05, 3.63) is 34.9 Å². The first kappa shape index (κ1) is 27.0. The smallest absolute Gasteiger partial charge is 0.315 e. The molecular formula is C24H35N3O5. The number of carbonyl (C=O) groups is 5. The van der Waals surface area contributed by atoms with Gasteiger partial charge in [-0.05, 0) is 83.6 Å². The molecule has 0 saturated carbocycles. The van der Waals surface area contributed by atoms with E-state index in [-0.39, 0.29) is 36.1 Å². The van der Waals surface area contributed by atoms with Gasteiger partial charge in [-0.3, -0.25) is 14.4 Å². The number of amides is 3. The monoisotopic (exact) mass is 445 g/mol. The summed E-state index contributed by atoms with van der Waals surface area (Å²) in [5.74, 6) is -0.651. The van der Waals surface area contributed by atoms with Crippen molar-refractivity contribution in [2.24, 2.45) is 0 Å². The number of rotatable bonds is 13. The Morgan fingerprint density at radius 1 is 0.812 bits per heavy atom. The van der Waals surface area contributed by atoms with Gasteiger partial charge in [0.05, 0.1) is 12.1 Å². The van der Waals surface area contributed by atoms with Crippen molar-refractivity contribution in [2.45, 2.75) is 78.8 Å². The maximum atomic E-state index is 12.2. The van der Waals surface area contributed by atoms with Crippen LogP contribution in [0.5, 0.6) is 0 Å². The number of carbonyl (C=O) groups excluding carboxylic acids is 5. The lowest BCUT2D eigenvalue weighted by molar-refractivity contribution is -0.120. The van der Waals surface area contributed by atoms with Crippen LogP contribution < -0.4 is 16.0 Å². The molecule has 2 unspecified atom stereocenters. The number of aryl methyl sites for hydroxylation is 2. The predicted octanol–water partition coefficient (Wildman–Crippen LogP) is 2.79. The Bertz CT molecular complexity index is 850. The van der Waals surface area contributed by atoms with E-state index < -0.39 is 18.1 Å². The van der Waals surface area contributed by atoms with E-state index in [0.717, 1.165) is 11.1 Å². The number of benzene rings is 1. The summed E-state index contributed by atoms with van der Waals surface area (Å²) in [6.45, 7) is 8.57. The van der Waals surface area contributed by atoms with E-state index in [9.17, 15) is 24.0 Å². The van der Waals surface area contributed by atoms with Crippen molar-refractivity contribution in [1.82, 2.24) is 16.0 Å². The standard InChI is InChI=1S/C24H35N3O5/c1-15-9-11-20(14-16(15)2)23(31)25-13-7-6-8-21(18(4)29)26-24(32)27-22(19(5)30)12-10-17(3)28/h9,11,14,21-22H,6-8,10,12-13H2,1-5H3,(H,25,31)(H2,26,27,32). The van der Waals surface area contributed by atoms with Crippen LogP contribution in [0.15, 0.2) is 18.2 Å². The lowest BCUT2D eigenvalue weighted by Crippen LogP contribution is -2.50. The summed E-state index contributed by atoms with van der Waals surface area (Å²) in [4.78, 5) is 59.2. The number of unbranched alkanes of at least 4 members (excludes halogenated alkanes) is 1. The maximum Gasteiger partial charge on any atom is 0.315 e. The minimum absolute atomic E-state index is 0.0651. The quantitative estimate of drug-likeness (QED) is 0.403. The van der Waals surface area contributed by atoms with E-state index in [0.29, 0.717) is 31.4 Å². The average Bonchev–Trinajstić information content (AvgIpc) is 2.71. The van der Waals surface area contributed by atoms with Crippen molar-refractivity contribution in [3.63, 3.8) is 0 Å². The van der Waals surface area contributed by atoms with Crippen molar-refractivity contribution in [1.29, 1.82) is 0 Å². The van der Waals surface area contributed by atoms with E-state index in [1.54, 1.807) is 6.07 Å². The topological polar surface area (TPSA) is 121 Å². The summed E-state index contributed by atoms with van der Waals surface area (Å²) in [7, 11) is 0. The van der Waals surface area contributed by atoms with Gasteiger partial charge in [0.15, 0.2) is 11.6 Å². The highest BCUT2D eigenvalue weighted by Gasteiger charge is 2.21. The van der Waals surface area contributed by atoms with Crippen LogP contribution in [0.2, 0.25) is 0 Å². The largest absolute Gasteiger partial charge is 0.352 e. The number of hydrogen-bond acceptors (Lipinski definition) is 5. The highest BCUT2D eigenvalue weighted by atomic mass is 16.2. The van der Waals surface area contributed by atoms with E-state index in [1.165, 1.54) is 20.8 Å². The van der Waals surface area contributed by atoms with Crippen LogP contribution in [-0.4, -0.2) is 47.9 Å². The molecule has 176 valence electrons. The van der Waals surface area contributed by atoms with Gasteiger partial charge in [-0.25, -0.2) is 4.79 Å². The van der Waals surface area contributed by atoms with Crippen LogP contribution in [0.1, 0.15) is 74.4 Å². The molecule has 3 amide bonds. The molecule has 0 spiro atoms. The zero-order valence-corrected chi connectivity index (χ0v) is 19.7. The molecule has 1 aromatic rings. The highest BCUT2D eigenvalue weighted by molar-refractivity contribution is 5.94. The van der Waals surface area contributed by atoms with Gasteiger partial charge in [-0.15, -0.1) is 0 Å². The lowest BCUT2D eigenvalue weighted by atomic mass is 10.0. The fourth-order valence-electron chi connectivity index (χ4n) is 3.12. The Hall–Kier alpha value is -3.03. The third-order valence-corrected chi connectivity index (χ3v) is 5.35. The van der Waals surface area contributed by atoms with E-state index >= 15 is 0 Å². The summed E-state index contributed by atoms with van der Waals surface area (Å²) in [5.41, 5.74) is 2.79. The summed E-state index contributed by atoms with van der Waals surface area (Å²) < 4.78 is 0. The van der Waals surface area contributed by atoms with Crippen LogP contribution in [-0.2, 0) is 14.4 Å². The van der Waals surface area contributed by atoms with Gasteiger partial charge >= 0.3 is 6.03 Å². The Morgan fingerprint density at radius 3 is 1.94 bits per heavy atom. The molecule has 0 bridgehead atoms. The molecule has 0 aliphatic carbocycles. The van der Waals surface area contributed by atoms with Crippen LogP contribution in [0.25, 0.3) is 0 Å². The fourth-order valence-corrected chi connectivity index (χ4v) is 3.12. The predicted molar refractivity (Wildman–Crippen MR) is 123 cm³/mol. The molecule has 0 fully saturated rings. The van der Waals surface area contributed by atoms with Gasteiger partial charge in [-0.1, -0.05) is 6.07 Å². The molecule has 8 heteroatoms. The lowest BCUT2D eigenvalue weighted by Gasteiger charge is -2.20. The summed E-state index contributed by atoms with van der Waals surface area (Å²) in [5, 5.41) is 8.00. The normalized spacial score (nSPS) is 12.4. The Morgan fingerprint density at radius 2 is 1.41 bits per heavy atom. The third-order valence-electron chi connectivity index (χ3n) is 5.35. The van der Waals surface area contributed by atoms with Crippen molar-refractivity contribution in [2.75, 3.05) is 6.54 Å². The van der Waals surface area contributed by atoms with Crippen molar-refractivity contribution < 1.29 is 24.0 Å². The average molecular weight is 446 g/mol. The fraction of sp³-hybridized carbons (Fsp3) is 0.542. The molecule has 1 rings (SSSR count). The van der Waals surface area contributed by atoms with Gasteiger partial charge in [-0.2, -0.15) is 0 Å². The Labute approximate surface area is 189 Å². The van der Waals surface area contributed by atoms with Crippen molar-refractivity contribution >= 4 is 29.3 Å². The van der Waals surface area contributed by atoms with E-state index in [4.69, 9.17) is 0 Å². The second-order valence-electron chi connectivity index (χ2n) is 8.24. The zero-order chi connectivity index (χ0) is 24.3. The molecule has 2 atom stereocenters. The van der Waals surface area contributed by atoms with Crippen LogP contribution in [0.4, 0.5) is 4.79 Å². The molecular weight excluding hydrogens is 410 g/mol. The first-order chi connectivity index (χ1) is 15.0. The molecule has 32 heavy (non-hydrogen) atoms. The van der Waals surface area contributed by atoms with Gasteiger partial charge in [0.2, 0.25) is 0 Å². The molecule has 0 aromatic heterocycles. The first-order valence-corrected chi connectivity index (χ1v) is 10.9. The molecule has 0 radical (unpaired) electrons. The van der Waals surface area contributed by atoms with Crippen LogP contribution in [0.3, 0.4) is 0 Å². The first-order valence-electron chi connectivity index (χ1n) is 10.9. The Kier molecular flexibility index (Phi) is 11.3. The summed E-state index contributed by atoms with van der Waals surface area (Å²) in [6.07, 6.45) is 2.11. The SMILES string of the molecule is CC(=O)CCC(NC(=O)NC(CCCCNC(=O)c1ccc(C)c(C)c1)C(C)=O)C(C)=O. The van der Waals surface area contributed by atoms with Crippen LogP contribution >= 0.6 is 0 Å². The van der Waals surface area contributed by atoms with Gasteiger partial charge in [0.1, 0.15) is 5.78 Å². The maximum absolute atomic E-state index is 12.2. The van der Waals surface area contributed by atoms with E-state index in [2.05, 4.69) is 16.0 Å². The number of ketones is 3. The molecule has 8 nitrogen and oxygen atoms in total. The second-order valence-corrected chi connectivity index (χ2v) is 8.24. The van der Waals surface area contributed by atoms with Gasteiger partial charge < -0.3 is 20.7 Å². The minimum Gasteiger partial charge on any atom is -0.352 e. The minimum atomic E-state index is -0.771. The molecule has 0 saturated heterocycles. The highest BCUT2D eigenvalue weighted by Crippen LogP contribution is 2.10. The number of urea groups is 1. The molecule has 0 aliphatic rings. The molecule has 3 N–H and O–H groups in total. The third kappa shape index (κ3) is 9.85. The number of hydrogen-bond donors (Lipinski definition) is 3. The van der Waals surface area contributed by atoms with Gasteiger partial charge in [0, 0.05) is 18.5 Å². The second kappa shape index (κ2) is 13.4. The number of nitrogens with one attached hydrogen (secondary N) is 3. The summed E-state index contributed by atoms with van der Waals surface area (Å²) in [6, 6.07) is 3.48. The molecule has 0 aliphatic heterocycles. The Balaban J connectivity index is 2.44. The zero-order valence-electron chi connectivity index (χ0n) is 19.7. The summed E-state index contributed by atoms with van der Waals surface area (Å²) >= 11 is 0. The number of Topliss-reactive ketones (excluding diaryl/α,β-unsaturated/α-hetero) is 3. The van der Waals surface area contributed by atoms with E-state index in [1.807, 2.05) is 26.0 Å². The molecule has 0 heterocycles. The van der Waals surface area contributed by atoms with Crippen LogP contribution in [0, 0.1) is 13.8 Å². The molecule has 1 aromatic carbocycles. The van der Waals surface area contributed by atoms with Crippen molar-refractivity contribution in [3.8, 4) is 0 Å². The van der Waals surface area contributed by atoms with Gasteiger partial charge in [0.25, 0.3) is 5.91 Å².